The first kappa shape index (κ1) is 12.0. The molecule has 0 atom stereocenters. The van der Waals surface area contributed by atoms with E-state index < -0.39 is 5.97 Å². The molecule has 1 amide bonds. The highest BCUT2D eigenvalue weighted by Gasteiger charge is 2.35. The highest BCUT2D eigenvalue weighted by Crippen LogP contribution is 2.28. The normalized spacial score (nSPS) is 22.6. The second kappa shape index (κ2) is 4.83. The van der Waals surface area contributed by atoms with E-state index in [0.717, 1.165) is 0 Å². The van der Waals surface area contributed by atoms with Crippen molar-refractivity contribution >= 4 is 27.8 Å². The molecule has 0 spiro atoms. The number of nitrogens with zero attached hydrogens (tertiary/aromatic N) is 1. The lowest BCUT2D eigenvalue weighted by molar-refractivity contribution is -0.145. The molecule has 1 aliphatic carbocycles. The second-order valence-electron chi connectivity index (χ2n) is 4.03. The maximum absolute atomic E-state index is 11.8. The molecule has 1 aliphatic rings. The van der Waals surface area contributed by atoms with Gasteiger partial charge in [-0.1, -0.05) is 0 Å². The van der Waals surface area contributed by atoms with E-state index in [0.29, 0.717) is 22.9 Å². The number of carboxylic acids is 1. The van der Waals surface area contributed by atoms with Crippen LogP contribution in [0.25, 0.3) is 0 Å². The first-order chi connectivity index (χ1) is 8.08. The highest BCUT2D eigenvalue weighted by atomic mass is 79.9. The highest BCUT2D eigenvalue weighted by molar-refractivity contribution is 9.10. The molecule has 1 fully saturated rings. The van der Waals surface area contributed by atoms with Crippen LogP contribution >= 0.6 is 15.9 Å². The number of hydrogen-bond donors (Lipinski definition) is 2. The first-order valence-corrected chi connectivity index (χ1v) is 6.00. The molecule has 1 aromatic rings. The first-order valence-electron chi connectivity index (χ1n) is 5.21. The minimum absolute atomic E-state index is 0.0383. The predicted molar refractivity (Wildman–Crippen MR) is 63.6 cm³/mol. The third-order valence-corrected chi connectivity index (χ3v) is 3.47. The molecule has 2 rings (SSSR count). The summed E-state index contributed by atoms with van der Waals surface area (Å²) in [4.78, 5) is 26.3. The van der Waals surface area contributed by atoms with Gasteiger partial charge in [-0.05, 0) is 34.8 Å². The molecule has 0 aromatic carbocycles. The number of carbonyl (C=O) groups excluding carboxylic acids is 1. The van der Waals surface area contributed by atoms with Crippen LogP contribution in [-0.2, 0) is 4.79 Å². The zero-order valence-electron chi connectivity index (χ0n) is 8.89. The van der Waals surface area contributed by atoms with E-state index >= 15 is 0 Å². The molecule has 0 radical (unpaired) electrons. The van der Waals surface area contributed by atoms with E-state index in [4.69, 9.17) is 5.11 Å². The van der Waals surface area contributed by atoms with Crippen LogP contribution in [0.4, 0.5) is 0 Å². The Morgan fingerprint density at radius 1 is 1.47 bits per heavy atom. The van der Waals surface area contributed by atoms with Crippen LogP contribution in [0, 0.1) is 5.92 Å². The maximum Gasteiger partial charge on any atom is 0.306 e. The van der Waals surface area contributed by atoms with Gasteiger partial charge in [0.05, 0.1) is 11.5 Å². The molecule has 0 saturated heterocycles. The van der Waals surface area contributed by atoms with E-state index in [2.05, 4.69) is 26.2 Å². The van der Waals surface area contributed by atoms with Crippen LogP contribution in [0.15, 0.2) is 22.9 Å². The molecule has 6 heteroatoms. The molecule has 2 N–H and O–H groups in total. The van der Waals surface area contributed by atoms with E-state index in [9.17, 15) is 9.59 Å². The zero-order chi connectivity index (χ0) is 12.4. The average molecular weight is 299 g/mol. The second-order valence-corrected chi connectivity index (χ2v) is 4.89. The Kier molecular flexibility index (Phi) is 3.42. The Morgan fingerprint density at radius 3 is 2.76 bits per heavy atom. The molecule has 17 heavy (non-hydrogen) atoms. The fraction of sp³-hybridized carbons (Fsp3) is 0.364. The predicted octanol–water partition coefficient (Wildman–Crippen LogP) is 1.44. The minimum Gasteiger partial charge on any atom is -0.481 e. The van der Waals surface area contributed by atoms with E-state index in [1.165, 1.54) is 0 Å². The Bertz CT molecular complexity index is 458. The number of nitrogens with one attached hydrogen (secondary N) is 1. The fourth-order valence-corrected chi connectivity index (χ4v) is 2.19. The van der Waals surface area contributed by atoms with Crippen LogP contribution in [0.2, 0.25) is 0 Å². The quantitative estimate of drug-likeness (QED) is 0.885. The molecular weight excluding hydrogens is 288 g/mol. The molecule has 0 bridgehead atoms. The van der Waals surface area contributed by atoms with Gasteiger partial charge in [-0.3, -0.25) is 14.6 Å². The van der Waals surface area contributed by atoms with Gasteiger partial charge in [0.25, 0.3) is 5.91 Å². The lowest BCUT2D eigenvalue weighted by Gasteiger charge is -2.32. The van der Waals surface area contributed by atoms with E-state index in [1.807, 2.05) is 0 Å². The summed E-state index contributed by atoms with van der Waals surface area (Å²) in [6.07, 6.45) is 4.10. The summed E-state index contributed by atoms with van der Waals surface area (Å²) in [5.41, 5.74) is 0.513. The van der Waals surface area contributed by atoms with Gasteiger partial charge in [0.2, 0.25) is 0 Å². The summed E-state index contributed by atoms with van der Waals surface area (Å²) in [6, 6.07) is 1.58. The van der Waals surface area contributed by atoms with Crippen LogP contribution in [0.5, 0.6) is 0 Å². The number of hydrogen-bond acceptors (Lipinski definition) is 3. The van der Waals surface area contributed by atoms with Crippen molar-refractivity contribution in [2.24, 2.45) is 5.92 Å². The summed E-state index contributed by atoms with van der Waals surface area (Å²) in [5, 5.41) is 11.5. The Hall–Kier alpha value is -1.43. The Labute approximate surface area is 106 Å². The van der Waals surface area contributed by atoms with Gasteiger partial charge in [0.1, 0.15) is 0 Å². The number of aromatic nitrogens is 1. The van der Waals surface area contributed by atoms with Crippen molar-refractivity contribution in [3.05, 3.63) is 28.5 Å². The van der Waals surface area contributed by atoms with Gasteiger partial charge in [-0.25, -0.2) is 0 Å². The molecular formula is C11H11BrN2O3. The number of halogens is 1. The van der Waals surface area contributed by atoms with Crippen molar-refractivity contribution < 1.29 is 14.7 Å². The van der Waals surface area contributed by atoms with Crippen molar-refractivity contribution in [1.29, 1.82) is 0 Å². The van der Waals surface area contributed by atoms with Gasteiger partial charge < -0.3 is 10.4 Å². The van der Waals surface area contributed by atoms with E-state index in [1.54, 1.807) is 18.5 Å². The smallest absolute Gasteiger partial charge is 0.306 e. The van der Waals surface area contributed by atoms with Crippen LogP contribution < -0.4 is 5.32 Å². The van der Waals surface area contributed by atoms with Gasteiger partial charge in [-0.2, -0.15) is 0 Å². The molecule has 90 valence electrons. The number of pyridine rings is 1. The van der Waals surface area contributed by atoms with Crippen molar-refractivity contribution in [1.82, 2.24) is 10.3 Å². The van der Waals surface area contributed by atoms with E-state index in [-0.39, 0.29) is 17.9 Å². The van der Waals surface area contributed by atoms with Crippen molar-refractivity contribution in [2.75, 3.05) is 0 Å². The van der Waals surface area contributed by atoms with Gasteiger partial charge in [0, 0.05) is 22.9 Å². The Morgan fingerprint density at radius 2 is 2.18 bits per heavy atom. The maximum atomic E-state index is 11.8. The minimum atomic E-state index is -0.791. The molecule has 0 unspecified atom stereocenters. The number of amides is 1. The molecule has 5 nitrogen and oxygen atoms in total. The molecule has 1 saturated carbocycles. The van der Waals surface area contributed by atoms with Gasteiger partial charge in [0.15, 0.2) is 0 Å². The SMILES string of the molecule is O=C(NC1CC(C(=O)O)C1)c1ccncc1Br. The Balaban J connectivity index is 1.92. The average Bonchev–Trinajstić information content (AvgIpc) is 2.22. The van der Waals surface area contributed by atoms with Crippen LogP contribution in [0.3, 0.4) is 0 Å². The molecule has 0 aliphatic heterocycles. The van der Waals surface area contributed by atoms with Gasteiger partial charge in [-0.15, -0.1) is 0 Å². The van der Waals surface area contributed by atoms with Crippen LogP contribution in [0.1, 0.15) is 23.2 Å². The summed E-state index contributed by atoms with van der Waals surface area (Å²) in [6.45, 7) is 0. The van der Waals surface area contributed by atoms with Crippen molar-refractivity contribution in [3.63, 3.8) is 0 Å². The monoisotopic (exact) mass is 298 g/mol. The largest absolute Gasteiger partial charge is 0.481 e. The summed E-state index contributed by atoms with van der Waals surface area (Å²) >= 11 is 3.24. The lowest BCUT2D eigenvalue weighted by Crippen LogP contribution is -2.46. The number of rotatable bonds is 3. The zero-order valence-corrected chi connectivity index (χ0v) is 10.5. The standard InChI is InChI=1S/C11H11BrN2O3/c12-9-5-13-2-1-8(9)10(15)14-7-3-6(4-7)11(16)17/h1-2,5-7H,3-4H2,(H,14,15)(H,16,17). The third-order valence-electron chi connectivity index (χ3n) is 2.84. The summed E-state index contributed by atoms with van der Waals surface area (Å²) in [7, 11) is 0. The topological polar surface area (TPSA) is 79.3 Å². The third kappa shape index (κ3) is 2.63. The number of carbonyl (C=O) groups is 2. The van der Waals surface area contributed by atoms with Crippen LogP contribution in [-0.4, -0.2) is 28.0 Å². The lowest BCUT2D eigenvalue weighted by atomic mass is 9.80. The van der Waals surface area contributed by atoms with Crippen molar-refractivity contribution in [2.45, 2.75) is 18.9 Å². The number of aliphatic carboxylic acids is 1. The van der Waals surface area contributed by atoms with Gasteiger partial charge >= 0.3 is 5.97 Å². The molecule has 1 heterocycles. The molecule has 1 aromatic heterocycles. The summed E-state index contributed by atoms with van der Waals surface area (Å²) < 4.78 is 0.631. The fourth-order valence-electron chi connectivity index (χ4n) is 1.76. The number of carboxylic acid groups (broad SMARTS) is 1. The van der Waals surface area contributed by atoms with Crippen molar-refractivity contribution in [3.8, 4) is 0 Å². The summed E-state index contributed by atoms with van der Waals surface area (Å²) in [5.74, 6) is -1.31.